The summed E-state index contributed by atoms with van der Waals surface area (Å²) in [6, 6.07) is 13.2. The van der Waals surface area contributed by atoms with Gasteiger partial charge in [-0.2, -0.15) is 5.10 Å². The SMILES string of the molecule is NN=C(C=Nc1ccc(C(=O)N2CCCC2)cc1)c1cc2cc(O)ccc2[nH]c1=O. The first-order chi connectivity index (χ1) is 14.5. The first kappa shape index (κ1) is 19.4. The third kappa shape index (κ3) is 3.93. The van der Waals surface area contributed by atoms with Crippen LogP contribution >= 0.6 is 0 Å². The van der Waals surface area contributed by atoms with Crippen LogP contribution in [0.15, 0.2) is 63.4 Å². The molecule has 8 heteroatoms. The zero-order valence-electron chi connectivity index (χ0n) is 16.2. The van der Waals surface area contributed by atoms with Crippen molar-refractivity contribution in [3.8, 4) is 5.75 Å². The van der Waals surface area contributed by atoms with E-state index < -0.39 is 0 Å². The molecule has 3 aromatic rings. The molecule has 1 amide bonds. The van der Waals surface area contributed by atoms with Crippen molar-refractivity contribution >= 4 is 34.4 Å². The number of hydrogen-bond donors (Lipinski definition) is 3. The minimum absolute atomic E-state index is 0.0261. The number of rotatable bonds is 4. The topological polar surface area (TPSA) is 124 Å². The molecule has 4 rings (SSSR count). The van der Waals surface area contributed by atoms with E-state index in [-0.39, 0.29) is 28.5 Å². The number of benzene rings is 2. The van der Waals surface area contributed by atoms with Crippen LogP contribution < -0.4 is 11.4 Å². The lowest BCUT2D eigenvalue weighted by atomic mass is 10.1. The van der Waals surface area contributed by atoms with Crippen molar-refractivity contribution in [2.45, 2.75) is 12.8 Å². The number of carbonyl (C=O) groups excluding carboxylic acids is 1. The van der Waals surface area contributed by atoms with Gasteiger partial charge in [-0.25, -0.2) is 0 Å². The summed E-state index contributed by atoms with van der Waals surface area (Å²) in [6.07, 6.45) is 3.49. The number of phenols is 1. The number of hydrogen-bond acceptors (Lipinski definition) is 6. The highest BCUT2D eigenvalue weighted by atomic mass is 16.3. The number of aromatic nitrogens is 1. The Labute approximate surface area is 172 Å². The summed E-state index contributed by atoms with van der Waals surface area (Å²) in [5.74, 6) is 5.60. The Morgan fingerprint density at radius 3 is 2.53 bits per heavy atom. The predicted octanol–water partition coefficient (Wildman–Crippen LogP) is 2.54. The molecule has 152 valence electrons. The van der Waals surface area contributed by atoms with Crippen molar-refractivity contribution in [3.63, 3.8) is 0 Å². The average Bonchev–Trinajstić information content (AvgIpc) is 3.29. The number of amides is 1. The lowest BCUT2D eigenvalue weighted by Crippen LogP contribution is -2.27. The molecule has 0 saturated carbocycles. The number of nitrogens with zero attached hydrogens (tertiary/aromatic N) is 3. The highest BCUT2D eigenvalue weighted by Gasteiger charge is 2.19. The fourth-order valence-corrected chi connectivity index (χ4v) is 3.49. The number of pyridine rings is 1. The van der Waals surface area contributed by atoms with Crippen molar-refractivity contribution in [3.05, 3.63) is 70.0 Å². The molecular formula is C22H21N5O3. The van der Waals surface area contributed by atoms with Crippen LogP contribution in [0, 0.1) is 0 Å². The number of likely N-dealkylation sites (tertiary alicyclic amines) is 1. The van der Waals surface area contributed by atoms with Gasteiger partial charge in [0.05, 0.1) is 17.5 Å². The normalized spacial score (nSPS) is 14.7. The van der Waals surface area contributed by atoms with Gasteiger partial charge >= 0.3 is 0 Å². The minimum Gasteiger partial charge on any atom is -0.508 e. The number of nitrogens with one attached hydrogen (secondary N) is 1. The second kappa shape index (κ2) is 8.20. The summed E-state index contributed by atoms with van der Waals surface area (Å²) < 4.78 is 0. The van der Waals surface area contributed by atoms with Gasteiger partial charge in [-0.05, 0) is 61.4 Å². The summed E-state index contributed by atoms with van der Waals surface area (Å²) in [5.41, 5.74) is 1.88. The first-order valence-electron chi connectivity index (χ1n) is 9.63. The van der Waals surface area contributed by atoms with Crippen LogP contribution in [0.1, 0.15) is 28.8 Å². The zero-order chi connectivity index (χ0) is 21.1. The number of nitrogens with two attached hydrogens (primary N) is 1. The molecule has 1 aliphatic heterocycles. The molecule has 1 aliphatic rings. The summed E-state index contributed by atoms with van der Waals surface area (Å²) >= 11 is 0. The van der Waals surface area contributed by atoms with Gasteiger partial charge in [-0.15, -0.1) is 0 Å². The van der Waals surface area contributed by atoms with Crippen LogP contribution in [-0.2, 0) is 0 Å². The molecular weight excluding hydrogens is 382 g/mol. The maximum atomic E-state index is 12.4. The van der Waals surface area contributed by atoms with E-state index in [2.05, 4.69) is 15.1 Å². The molecule has 4 N–H and O–H groups in total. The molecule has 0 radical (unpaired) electrons. The summed E-state index contributed by atoms with van der Waals surface area (Å²) in [5, 5.41) is 14.0. The Morgan fingerprint density at radius 1 is 1.10 bits per heavy atom. The monoisotopic (exact) mass is 403 g/mol. The number of aliphatic imine (C=N–C) groups is 1. The van der Waals surface area contributed by atoms with Crippen LogP contribution in [0.3, 0.4) is 0 Å². The number of aromatic amines is 1. The number of fused-ring (bicyclic) bond motifs is 1. The molecule has 1 fully saturated rings. The molecule has 8 nitrogen and oxygen atoms in total. The second-order valence-corrected chi connectivity index (χ2v) is 7.10. The number of phenolic OH excluding ortho intramolecular Hbond substituents is 1. The predicted molar refractivity (Wildman–Crippen MR) is 117 cm³/mol. The van der Waals surface area contributed by atoms with Gasteiger partial charge in [-0.3, -0.25) is 14.6 Å². The Balaban J connectivity index is 1.56. The molecule has 0 unspecified atom stereocenters. The van der Waals surface area contributed by atoms with E-state index in [0.29, 0.717) is 22.2 Å². The third-order valence-corrected chi connectivity index (χ3v) is 5.09. The molecule has 0 atom stereocenters. The fraction of sp³-hybridized carbons (Fsp3) is 0.182. The number of aromatic hydroxyl groups is 1. The van der Waals surface area contributed by atoms with E-state index in [1.165, 1.54) is 18.3 Å². The lowest BCUT2D eigenvalue weighted by Gasteiger charge is -2.14. The van der Waals surface area contributed by atoms with E-state index in [1.807, 2.05) is 4.90 Å². The van der Waals surface area contributed by atoms with Gasteiger partial charge in [0.2, 0.25) is 0 Å². The van der Waals surface area contributed by atoms with Gasteiger partial charge in [-0.1, -0.05) is 0 Å². The quantitative estimate of drug-likeness (QED) is 0.352. The lowest BCUT2D eigenvalue weighted by molar-refractivity contribution is 0.0793. The summed E-state index contributed by atoms with van der Waals surface area (Å²) in [7, 11) is 0. The summed E-state index contributed by atoms with van der Waals surface area (Å²) in [4.78, 5) is 33.8. The third-order valence-electron chi connectivity index (χ3n) is 5.09. The first-order valence-corrected chi connectivity index (χ1v) is 9.63. The van der Waals surface area contributed by atoms with Crippen LogP contribution in [0.5, 0.6) is 5.75 Å². The molecule has 0 spiro atoms. The van der Waals surface area contributed by atoms with E-state index in [9.17, 15) is 14.7 Å². The number of carbonyl (C=O) groups is 1. The molecule has 2 aromatic carbocycles. The van der Waals surface area contributed by atoms with Crippen molar-refractivity contribution in [1.82, 2.24) is 9.88 Å². The minimum atomic E-state index is -0.365. The molecule has 0 bridgehead atoms. The Bertz CT molecular complexity index is 1210. The molecule has 1 aromatic heterocycles. The van der Waals surface area contributed by atoms with E-state index in [0.717, 1.165) is 25.9 Å². The van der Waals surface area contributed by atoms with E-state index in [4.69, 9.17) is 5.84 Å². The fourth-order valence-electron chi connectivity index (χ4n) is 3.49. The van der Waals surface area contributed by atoms with Gasteiger partial charge in [0, 0.05) is 29.6 Å². The number of H-pyrrole nitrogens is 1. The Hall–Kier alpha value is -3.94. The van der Waals surface area contributed by atoms with Crippen LogP contribution in [0.4, 0.5) is 5.69 Å². The van der Waals surface area contributed by atoms with Gasteiger partial charge in [0.1, 0.15) is 11.5 Å². The second-order valence-electron chi connectivity index (χ2n) is 7.10. The van der Waals surface area contributed by atoms with Crippen molar-refractivity contribution in [1.29, 1.82) is 0 Å². The highest BCUT2D eigenvalue weighted by molar-refractivity contribution is 6.38. The average molecular weight is 403 g/mol. The Morgan fingerprint density at radius 2 is 1.83 bits per heavy atom. The van der Waals surface area contributed by atoms with Gasteiger partial charge in [0.25, 0.3) is 11.5 Å². The number of hydrazone groups is 1. The van der Waals surface area contributed by atoms with Crippen LogP contribution in [-0.4, -0.2) is 45.9 Å². The van der Waals surface area contributed by atoms with Gasteiger partial charge in [0.15, 0.2) is 0 Å². The van der Waals surface area contributed by atoms with Crippen molar-refractivity contribution in [2.24, 2.45) is 15.9 Å². The van der Waals surface area contributed by atoms with E-state index >= 15 is 0 Å². The van der Waals surface area contributed by atoms with Crippen LogP contribution in [0.25, 0.3) is 10.9 Å². The maximum Gasteiger partial charge on any atom is 0.258 e. The molecule has 30 heavy (non-hydrogen) atoms. The molecule has 2 heterocycles. The molecule has 0 aliphatic carbocycles. The van der Waals surface area contributed by atoms with E-state index in [1.54, 1.807) is 36.4 Å². The smallest absolute Gasteiger partial charge is 0.258 e. The van der Waals surface area contributed by atoms with Crippen molar-refractivity contribution in [2.75, 3.05) is 13.1 Å². The van der Waals surface area contributed by atoms with Gasteiger partial charge < -0.3 is 20.8 Å². The zero-order valence-corrected chi connectivity index (χ0v) is 16.2. The highest BCUT2D eigenvalue weighted by Crippen LogP contribution is 2.19. The van der Waals surface area contributed by atoms with Crippen molar-refractivity contribution < 1.29 is 9.90 Å². The van der Waals surface area contributed by atoms with Crippen LogP contribution in [0.2, 0.25) is 0 Å². The largest absolute Gasteiger partial charge is 0.508 e. The Kier molecular flexibility index (Phi) is 5.30. The summed E-state index contributed by atoms with van der Waals surface area (Å²) in [6.45, 7) is 1.60. The maximum absolute atomic E-state index is 12.4. The standard InChI is InChI=1S/C22H21N5O3/c23-26-20(18-12-15-11-17(28)7-8-19(15)25-21(18)29)13-24-16-5-3-14(4-6-16)22(30)27-9-1-2-10-27/h3-8,11-13,28H,1-2,9-10,23H2,(H,25,29). The molecule has 1 saturated heterocycles.